The Morgan fingerprint density at radius 2 is 1.86 bits per heavy atom. The molecule has 21 heavy (non-hydrogen) atoms. The van der Waals surface area contributed by atoms with Gasteiger partial charge in [-0.1, -0.05) is 35.9 Å². The third-order valence-corrected chi connectivity index (χ3v) is 3.38. The Morgan fingerprint density at radius 3 is 2.57 bits per heavy atom. The molecule has 2 aromatic carbocycles. The van der Waals surface area contributed by atoms with Crippen molar-refractivity contribution in [2.24, 2.45) is 0 Å². The lowest BCUT2D eigenvalue weighted by atomic mass is 10.1. The fraction of sp³-hybridized carbons (Fsp3) is 0.235. The van der Waals surface area contributed by atoms with Gasteiger partial charge in [0.25, 0.3) is 5.91 Å². The molecule has 0 bridgehead atoms. The second-order valence-electron chi connectivity index (χ2n) is 4.92. The number of hydrogen-bond donors (Lipinski definition) is 0. The van der Waals surface area contributed by atoms with Crippen LogP contribution < -0.4 is 0 Å². The topological polar surface area (TPSA) is 29.5 Å². The number of nitrogens with zero attached hydrogens (tertiary/aromatic N) is 1. The van der Waals surface area contributed by atoms with Crippen LogP contribution in [0.4, 0.5) is 0 Å². The van der Waals surface area contributed by atoms with Crippen LogP contribution in [0.3, 0.4) is 0 Å². The van der Waals surface area contributed by atoms with Crippen LogP contribution in [0.25, 0.3) is 0 Å². The average Bonchev–Trinajstić information content (AvgIpc) is 2.47. The first kappa shape index (κ1) is 15.5. The summed E-state index contributed by atoms with van der Waals surface area (Å²) in [5.41, 5.74) is 2.65. The standard InChI is InChI=1S/C17H18ClNO2/c1-19(11-13-5-4-8-16(18)10-13)17(20)15-7-3-6-14(9-15)12-21-2/h3-10H,11-12H2,1-2H3. The SMILES string of the molecule is COCc1cccc(C(=O)N(C)Cc2cccc(Cl)c2)c1. The molecule has 2 aromatic rings. The zero-order valence-corrected chi connectivity index (χ0v) is 12.9. The van der Waals surface area contributed by atoms with Crippen LogP contribution in [0.2, 0.25) is 5.02 Å². The minimum atomic E-state index is -0.0204. The van der Waals surface area contributed by atoms with Gasteiger partial charge in [0.05, 0.1) is 6.61 Å². The van der Waals surface area contributed by atoms with Crippen LogP contribution in [0, 0.1) is 0 Å². The third-order valence-electron chi connectivity index (χ3n) is 3.14. The Balaban J connectivity index is 2.10. The molecule has 2 rings (SSSR count). The molecule has 3 nitrogen and oxygen atoms in total. The van der Waals surface area contributed by atoms with Crippen LogP contribution in [0.5, 0.6) is 0 Å². The van der Waals surface area contributed by atoms with E-state index >= 15 is 0 Å². The first-order chi connectivity index (χ1) is 10.1. The normalized spacial score (nSPS) is 10.4. The number of carbonyl (C=O) groups is 1. The van der Waals surface area contributed by atoms with Gasteiger partial charge in [-0.2, -0.15) is 0 Å². The van der Waals surface area contributed by atoms with E-state index < -0.39 is 0 Å². The molecule has 0 saturated carbocycles. The van der Waals surface area contributed by atoms with Crippen LogP contribution >= 0.6 is 11.6 Å². The predicted molar refractivity (Wildman–Crippen MR) is 84.4 cm³/mol. The maximum absolute atomic E-state index is 12.4. The Labute approximate surface area is 130 Å². The summed E-state index contributed by atoms with van der Waals surface area (Å²) < 4.78 is 5.09. The second kappa shape index (κ2) is 7.25. The number of rotatable bonds is 5. The van der Waals surface area contributed by atoms with E-state index in [0.29, 0.717) is 23.7 Å². The van der Waals surface area contributed by atoms with Crippen molar-refractivity contribution in [1.82, 2.24) is 4.90 Å². The molecular formula is C17H18ClNO2. The first-order valence-electron chi connectivity index (χ1n) is 6.68. The number of ether oxygens (including phenoxy) is 1. The van der Waals surface area contributed by atoms with Gasteiger partial charge < -0.3 is 9.64 Å². The molecule has 0 spiro atoms. The predicted octanol–water partition coefficient (Wildman–Crippen LogP) is 3.76. The quantitative estimate of drug-likeness (QED) is 0.841. The highest BCUT2D eigenvalue weighted by atomic mass is 35.5. The zero-order chi connectivity index (χ0) is 15.2. The largest absolute Gasteiger partial charge is 0.380 e. The molecule has 0 aromatic heterocycles. The molecule has 110 valence electrons. The minimum absolute atomic E-state index is 0.0204. The number of amides is 1. The molecule has 0 N–H and O–H groups in total. The van der Waals surface area contributed by atoms with Gasteiger partial charge in [0.2, 0.25) is 0 Å². The third kappa shape index (κ3) is 4.31. The van der Waals surface area contributed by atoms with Crippen molar-refractivity contribution in [1.29, 1.82) is 0 Å². The van der Waals surface area contributed by atoms with Crippen molar-refractivity contribution >= 4 is 17.5 Å². The lowest BCUT2D eigenvalue weighted by Gasteiger charge is -2.18. The Hall–Kier alpha value is -1.84. The number of halogens is 1. The molecule has 0 heterocycles. The number of methoxy groups -OCH3 is 1. The Kier molecular flexibility index (Phi) is 5.37. The molecule has 0 radical (unpaired) electrons. The van der Waals surface area contributed by atoms with Crippen molar-refractivity contribution in [2.45, 2.75) is 13.2 Å². The second-order valence-corrected chi connectivity index (χ2v) is 5.36. The van der Waals surface area contributed by atoms with Crippen molar-refractivity contribution in [2.75, 3.05) is 14.2 Å². The summed E-state index contributed by atoms with van der Waals surface area (Å²) in [4.78, 5) is 14.1. The minimum Gasteiger partial charge on any atom is -0.380 e. The number of benzene rings is 2. The fourth-order valence-electron chi connectivity index (χ4n) is 2.16. The van der Waals surface area contributed by atoms with E-state index in [9.17, 15) is 4.79 Å². The van der Waals surface area contributed by atoms with Crippen LogP contribution in [0.15, 0.2) is 48.5 Å². The van der Waals surface area contributed by atoms with Crippen LogP contribution in [0.1, 0.15) is 21.5 Å². The molecule has 1 amide bonds. The molecule has 0 aliphatic heterocycles. The molecule has 4 heteroatoms. The highest BCUT2D eigenvalue weighted by molar-refractivity contribution is 6.30. The first-order valence-corrected chi connectivity index (χ1v) is 7.05. The van der Waals surface area contributed by atoms with E-state index in [2.05, 4.69) is 0 Å². The van der Waals surface area contributed by atoms with Crippen molar-refractivity contribution in [3.63, 3.8) is 0 Å². The van der Waals surface area contributed by atoms with Crippen molar-refractivity contribution < 1.29 is 9.53 Å². The summed E-state index contributed by atoms with van der Waals surface area (Å²) in [7, 11) is 3.42. The summed E-state index contributed by atoms with van der Waals surface area (Å²) in [5, 5.41) is 0.676. The molecule has 0 saturated heterocycles. The maximum Gasteiger partial charge on any atom is 0.253 e. The van der Waals surface area contributed by atoms with Gasteiger partial charge in [-0.25, -0.2) is 0 Å². The van der Waals surface area contributed by atoms with E-state index in [4.69, 9.17) is 16.3 Å². The number of carbonyl (C=O) groups excluding carboxylic acids is 1. The summed E-state index contributed by atoms with van der Waals surface area (Å²) in [5.74, 6) is -0.0204. The molecule has 0 aliphatic carbocycles. The van der Waals surface area contributed by atoms with Gasteiger partial charge in [0, 0.05) is 31.3 Å². The van der Waals surface area contributed by atoms with Gasteiger partial charge in [0.15, 0.2) is 0 Å². The van der Waals surface area contributed by atoms with Gasteiger partial charge >= 0.3 is 0 Å². The summed E-state index contributed by atoms with van der Waals surface area (Å²) in [6, 6.07) is 15.0. The smallest absolute Gasteiger partial charge is 0.253 e. The molecule has 0 fully saturated rings. The Morgan fingerprint density at radius 1 is 1.14 bits per heavy atom. The lowest BCUT2D eigenvalue weighted by Crippen LogP contribution is -2.26. The lowest BCUT2D eigenvalue weighted by molar-refractivity contribution is 0.0784. The average molecular weight is 304 g/mol. The Bertz CT molecular complexity index is 628. The van der Waals surface area contributed by atoms with Gasteiger partial charge in [-0.15, -0.1) is 0 Å². The maximum atomic E-state index is 12.4. The van der Waals surface area contributed by atoms with Crippen molar-refractivity contribution in [3.8, 4) is 0 Å². The van der Waals surface area contributed by atoms with Crippen LogP contribution in [-0.4, -0.2) is 25.0 Å². The number of hydrogen-bond acceptors (Lipinski definition) is 2. The summed E-state index contributed by atoms with van der Waals surface area (Å²) >= 11 is 5.96. The molecule has 0 aliphatic rings. The molecular weight excluding hydrogens is 286 g/mol. The van der Waals surface area contributed by atoms with Gasteiger partial charge in [-0.05, 0) is 35.4 Å². The molecule has 0 atom stereocenters. The van der Waals surface area contributed by atoms with Crippen molar-refractivity contribution in [3.05, 3.63) is 70.2 Å². The fourth-order valence-corrected chi connectivity index (χ4v) is 2.38. The molecule has 0 unspecified atom stereocenters. The van der Waals surface area contributed by atoms with E-state index in [1.807, 2.05) is 48.5 Å². The highest BCUT2D eigenvalue weighted by Crippen LogP contribution is 2.14. The monoisotopic (exact) mass is 303 g/mol. The van der Waals surface area contributed by atoms with E-state index in [0.717, 1.165) is 11.1 Å². The van der Waals surface area contributed by atoms with Gasteiger partial charge in [0.1, 0.15) is 0 Å². The van der Waals surface area contributed by atoms with E-state index in [1.54, 1.807) is 19.1 Å². The zero-order valence-electron chi connectivity index (χ0n) is 12.2. The van der Waals surface area contributed by atoms with Gasteiger partial charge in [-0.3, -0.25) is 4.79 Å². The summed E-state index contributed by atoms with van der Waals surface area (Å²) in [6.45, 7) is 1.02. The van der Waals surface area contributed by atoms with E-state index in [1.165, 1.54) is 0 Å². The highest BCUT2D eigenvalue weighted by Gasteiger charge is 2.12. The van der Waals surface area contributed by atoms with Crippen LogP contribution in [-0.2, 0) is 17.9 Å². The van der Waals surface area contributed by atoms with E-state index in [-0.39, 0.29) is 5.91 Å². The summed E-state index contributed by atoms with van der Waals surface area (Å²) in [6.07, 6.45) is 0.